The molecule has 2 unspecified atom stereocenters. The van der Waals surface area contributed by atoms with Crippen LogP contribution >= 0.6 is 0 Å². The highest BCUT2D eigenvalue weighted by molar-refractivity contribution is 5.76. The molecule has 0 heterocycles. The van der Waals surface area contributed by atoms with Crippen LogP contribution < -0.4 is 5.32 Å². The zero-order valence-corrected chi connectivity index (χ0v) is 56.5. The van der Waals surface area contributed by atoms with E-state index in [9.17, 15) is 19.8 Å². The van der Waals surface area contributed by atoms with Crippen molar-refractivity contribution in [3.05, 3.63) is 24.3 Å². The Labute approximate surface area is 520 Å². The quantitative estimate of drug-likeness (QED) is 0.0320. The zero-order chi connectivity index (χ0) is 59.9. The molecule has 6 nitrogen and oxygen atoms in total. The molecule has 1 amide bonds. The van der Waals surface area contributed by atoms with Crippen molar-refractivity contribution in [1.82, 2.24) is 5.32 Å². The molecule has 0 aliphatic heterocycles. The highest BCUT2D eigenvalue weighted by atomic mass is 16.5. The molecule has 0 radical (unpaired) electrons. The normalized spacial score (nSPS) is 12.6. The van der Waals surface area contributed by atoms with Gasteiger partial charge in [0.05, 0.1) is 25.4 Å². The van der Waals surface area contributed by atoms with Crippen LogP contribution in [0.1, 0.15) is 431 Å². The highest BCUT2D eigenvalue weighted by Gasteiger charge is 2.18. The highest BCUT2D eigenvalue weighted by Crippen LogP contribution is 2.19. The van der Waals surface area contributed by atoms with Gasteiger partial charge in [-0.05, 0) is 57.8 Å². The van der Waals surface area contributed by atoms with E-state index in [1.54, 1.807) is 6.08 Å². The van der Waals surface area contributed by atoms with Crippen LogP contribution in [-0.2, 0) is 14.3 Å². The van der Waals surface area contributed by atoms with Gasteiger partial charge in [0.2, 0.25) is 5.91 Å². The maximum Gasteiger partial charge on any atom is 0.305 e. The molecule has 0 aromatic heterocycles. The van der Waals surface area contributed by atoms with Crippen LogP contribution in [0.5, 0.6) is 0 Å². The van der Waals surface area contributed by atoms with E-state index in [0.29, 0.717) is 19.4 Å². The lowest BCUT2D eigenvalue weighted by atomic mass is 10.0. The topological polar surface area (TPSA) is 95.9 Å². The molecule has 0 rings (SSSR count). The van der Waals surface area contributed by atoms with Crippen molar-refractivity contribution < 1.29 is 24.5 Å². The van der Waals surface area contributed by atoms with Crippen molar-refractivity contribution in [2.75, 3.05) is 13.2 Å². The minimum atomic E-state index is -0.849. The maximum absolute atomic E-state index is 12.5. The van der Waals surface area contributed by atoms with Gasteiger partial charge in [0.25, 0.3) is 0 Å². The number of rotatable bonds is 72. The molecule has 0 bridgehead atoms. The van der Waals surface area contributed by atoms with Gasteiger partial charge in [-0.2, -0.15) is 0 Å². The number of amides is 1. The minimum Gasteiger partial charge on any atom is -0.466 e. The largest absolute Gasteiger partial charge is 0.466 e. The van der Waals surface area contributed by atoms with Crippen molar-refractivity contribution >= 4 is 11.9 Å². The second-order valence-electron chi connectivity index (χ2n) is 26.3. The Bertz CT molecular complexity index is 1300. The molecule has 6 heteroatoms. The Balaban J connectivity index is 3.41. The van der Waals surface area contributed by atoms with E-state index >= 15 is 0 Å². The number of hydrogen-bond donors (Lipinski definition) is 3. The molecule has 0 aromatic rings. The van der Waals surface area contributed by atoms with Crippen molar-refractivity contribution in [2.45, 2.75) is 443 Å². The van der Waals surface area contributed by atoms with Crippen LogP contribution in [0, 0.1) is 0 Å². The first-order valence-electron chi connectivity index (χ1n) is 38.1. The SMILES string of the molecule is CCCCCCCCCCCCCCCCCCCCCCCCC/C=C/C(O)C(CO)NC(=O)CCCCCCCCCC/C=C\CCCCCCCCCCCCCCOC(=O)CCCCCCCCCCCCCCCCCCC. The third-order valence-corrected chi connectivity index (χ3v) is 18.0. The molecule has 0 saturated carbocycles. The van der Waals surface area contributed by atoms with E-state index in [1.807, 2.05) is 6.08 Å². The lowest BCUT2D eigenvalue weighted by molar-refractivity contribution is -0.143. The van der Waals surface area contributed by atoms with Crippen molar-refractivity contribution in [2.24, 2.45) is 0 Å². The predicted molar refractivity (Wildman–Crippen MR) is 366 cm³/mol. The Morgan fingerprint density at radius 2 is 0.566 bits per heavy atom. The molecule has 0 spiro atoms. The van der Waals surface area contributed by atoms with Gasteiger partial charge in [0.15, 0.2) is 0 Å². The van der Waals surface area contributed by atoms with Gasteiger partial charge < -0.3 is 20.3 Å². The average Bonchev–Trinajstić information content (AvgIpc) is 3.49. The first kappa shape index (κ1) is 81.3. The molecule has 2 atom stereocenters. The second-order valence-corrected chi connectivity index (χ2v) is 26.3. The molecular weight excluding hydrogens is 1020 g/mol. The molecule has 0 aliphatic rings. The van der Waals surface area contributed by atoms with Gasteiger partial charge in [0, 0.05) is 12.8 Å². The summed E-state index contributed by atoms with van der Waals surface area (Å²) in [7, 11) is 0. The van der Waals surface area contributed by atoms with Gasteiger partial charge in [-0.1, -0.05) is 385 Å². The third kappa shape index (κ3) is 69.3. The number of hydrogen-bond acceptors (Lipinski definition) is 5. The van der Waals surface area contributed by atoms with Crippen LogP contribution in [0.4, 0.5) is 0 Å². The van der Waals surface area contributed by atoms with E-state index < -0.39 is 12.1 Å². The monoisotopic (exact) mass is 1170 g/mol. The fourth-order valence-electron chi connectivity index (χ4n) is 12.2. The first-order valence-corrected chi connectivity index (χ1v) is 38.1. The number of esters is 1. The third-order valence-electron chi connectivity index (χ3n) is 18.0. The summed E-state index contributed by atoms with van der Waals surface area (Å²) in [6.45, 7) is 4.95. The summed E-state index contributed by atoms with van der Waals surface area (Å²) in [5.74, 6) is -0.0503. The zero-order valence-electron chi connectivity index (χ0n) is 56.5. The van der Waals surface area contributed by atoms with Crippen molar-refractivity contribution in [1.29, 1.82) is 0 Å². The first-order chi connectivity index (χ1) is 41.0. The van der Waals surface area contributed by atoms with Crippen LogP contribution in [-0.4, -0.2) is 47.4 Å². The van der Waals surface area contributed by atoms with Crippen molar-refractivity contribution in [3.63, 3.8) is 0 Å². The standard InChI is InChI=1S/C77H149NO5/c1-3-5-7-9-11-13-15-17-19-21-22-23-24-25-28-31-34-38-41-45-49-53-57-61-65-69-75(80)74(73-79)78-76(81)70-66-62-58-54-50-46-42-39-35-32-29-26-27-30-33-36-40-44-48-52-56-60-64-68-72-83-77(82)71-67-63-59-55-51-47-43-37-20-18-16-14-12-10-8-6-4-2/h29,32,65,69,74-75,79-80H,3-28,30-31,33-64,66-68,70-73H2,1-2H3,(H,78,81)/b32-29-,69-65+. The number of ether oxygens (including phenoxy) is 1. The van der Waals surface area contributed by atoms with E-state index in [0.717, 1.165) is 38.5 Å². The molecule has 492 valence electrons. The summed E-state index contributed by atoms with van der Waals surface area (Å²) < 4.78 is 5.51. The number of allylic oxidation sites excluding steroid dienone is 3. The lowest BCUT2D eigenvalue weighted by Crippen LogP contribution is -2.45. The number of unbranched alkanes of at least 4 members (excludes halogenated alkanes) is 59. The Hall–Kier alpha value is -1.66. The fraction of sp³-hybridized carbons (Fsp3) is 0.922. The Morgan fingerprint density at radius 1 is 0.325 bits per heavy atom. The molecule has 0 saturated heterocycles. The maximum atomic E-state index is 12.5. The summed E-state index contributed by atoms with van der Waals surface area (Å²) in [5, 5.41) is 23.3. The van der Waals surface area contributed by atoms with E-state index in [4.69, 9.17) is 4.74 Å². The molecule has 0 aromatic carbocycles. The van der Waals surface area contributed by atoms with Gasteiger partial charge >= 0.3 is 5.97 Å². The van der Waals surface area contributed by atoms with Crippen LogP contribution in [0.3, 0.4) is 0 Å². The van der Waals surface area contributed by atoms with Crippen LogP contribution in [0.25, 0.3) is 0 Å². The Kier molecular flexibility index (Phi) is 71.4. The summed E-state index contributed by atoms with van der Waals surface area (Å²) in [6, 6.07) is -0.633. The Morgan fingerprint density at radius 3 is 0.855 bits per heavy atom. The number of aliphatic hydroxyl groups excluding tert-OH is 2. The number of nitrogens with one attached hydrogen (secondary N) is 1. The van der Waals surface area contributed by atoms with E-state index in [2.05, 4.69) is 31.3 Å². The van der Waals surface area contributed by atoms with Gasteiger partial charge in [-0.15, -0.1) is 0 Å². The summed E-state index contributed by atoms with van der Waals surface area (Å²) in [4.78, 5) is 24.7. The predicted octanol–water partition coefficient (Wildman–Crippen LogP) is 24.9. The summed E-state index contributed by atoms with van der Waals surface area (Å²) in [5.41, 5.74) is 0. The van der Waals surface area contributed by atoms with E-state index in [-0.39, 0.29) is 18.5 Å². The molecule has 83 heavy (non-hydrogen) atoms. The van der Waals surface area contributed by atoms with Crippen LogP contribution in [0.15, 0.2) is 24.3 Å². The van der Waals surface area contributed by atoms with Gasteiger partial charge in [-0.3, -0.25) is 9.59 Å². The van der Waals surface area contributed by atoms with Crippen molar-refractivity contribution in [3.8, 4) is 0 Å². The minimum absolute atomic E-state index is 0.0171. The second kappa shape index (κ2) is 72.8. The van der Waals surface area contributed by atoms with Crippen LogP contribution in [0.2, 0.25) is 0 Å². The summed E-state index contributed by atoms with van der Waals surface area (Å²) in [6.07, 6.45) is 92.8. The van der Waals surface area contributed by atoms with Gasteiger partial charge in [-0.25, -0.2) is 0 Å². The van der Waals surface area contributed by atoms with Gasteiger partial charge in [0.1, 0.15) is 0 Å². The number of carbonyl (C=O) groups excluding carboxylic acids is 2. The fourth-order valence-corrected chi connectivity index (χ4v) is 12.2. The molecular formula is C77H149NO5. The summed E-state index contributed by atoms with van der Waals surface area (Å²) >= 11 is 0. The lowest BCUT2D eigenvalue weighted by Gasteiger charge is -2.20. The average molecular weight is 1170 g/mol. The number of carbonyl (C=O) groups is 2. The smallest absolute Gasteiger partial charge is 0.305 e. The molecule has 3 N–H and O–H groups in total. The van der Waals surface area contributed by atoms with E-state index in [1.165, 1.54) is 366 Å². The number of aliphatic hydroxyl groups is 2. The molecule has 0 aliphatic carbocycles. The molecule has 0 fully saturated rings.